The minimum atomic E-state index is -0.119. The van der Waals surface area contributed by atoms with E-state index >= 15 is 0 Å². The number of rotatable bonds is 7. The summed E-state index contributed by atoms with van der Waals surface area (Å²) < 4.78 is 5.69. The van der Waals surface area contributed by atoms with E-state index in [9.17, 15) is 4.79 Å². The van der Waals surface area contributed by atoms with Crippen molar-refractivity contribution in [2.45, 2.75) is 51.4 Å². The van der Waals surface area contributed by atoms with Crippen molar-refractivity contribution in [1.29, 1.82) is 0 Å². The molecule has 1 saturated carbocycles. The number of nitrogens with one attached hydrogen (secondary N) is 1. The monoisotopic (exact) mass is 428 g/mol. The van der Waals surface area contributed by atoms with E-state index in [1.165, 1.54) is 54.8 Å². The molecule has 1 fully saturated rings. The van der Waals surface area contributed by atoms with Gasteiger partial charge in [-0.25, -0.2) is 4.98 Å². The van der Waals surface area contributed by atoms with Gasteiger partial charge < -0.3 is 10.1 Å². The maximum absolute atomic E-state index is 12.5. The number of para-hydroxylation sites is 1. The lowest BCUT2D eigenvalue weighted by molar-refractivity contribution is -0.115. The van der Waals surface area contributed by atoms with Crippen molar-refractivity contribution in [1.82, 2.24) is 15.2 Å². The van der Waals surface area contributed by atoms with Gasteiger partial charge in [0, 0.05) is 11.3 Å². The van der Waals surface area contributed by atoms with Crippen LogP contribution in [-0.2, 0) is 11.2 Å². The third kappa shape index (κ3) is 5.00. The summed E-state index contributed by atoms with van der Waals surface area (Å²) in [4.78, 5) is 17.1. The number of hydrogen-bond acceptors (Lipinski definition) is 7. The highest BCUT2D eigenvalue weighted by atomic mass is 32.1. The van der Waals surface area contributed by atoms with Crippen molar-refractivity contribution >= 4 is 33.7 Å². The van der Waals surface area contributed by atoms with E-state index in [2.05, 4.69) is 20.5 Å². The number of carbonyl (C=O) groups excluding carboxylic acids is 1. The highest BCUT2D eigenvalue weighted by Gasteiger charge is 2.20. The minimum Gasteiger partial charge on any atom is -0.493 e. The number of hydrogen-bond donors (Lipinski definition) is 1. The Balaban J connectivity index is 1.38. The van der Waals surface area contributed by atoms with Crippen LogP contribution in [0.4, 0.5) is 5.13 Å². The quantitative estimate of drug-likeness (QED) is 0.553. The molecule has 1 aliphatic rings. The van der Waals surface area contributed by atoms with E-state index < -0.39 is 0 Å². The van der Waals surface area contributed by atoms with Crippen LogP contribution >= 0.6 is 22.7 Å². The first-order valence-corrected chi connectivity index (χ1v) is 11.7. The Labute approximate surface area is 178 Å². The van der Waals surface area contributed by atoms with E-state index in [1.807, 2.05) is 36.6 Å². The van der Waals surface area contributed by atoms with Crippen LogP contribution in [0.15, 0.2) is 29.6 Å². The summed E-state index contributed by atoms with van der Waals surface area (Å²) in [5.74, 6) is 1.19. The molecule has 1 N–H and O–H groups in total. The Morgan fingerprint density at radius 1 is 1.21 bits per heavy atom. The maximum atomic E-state index is 12.5. The number of aromatic nitrogens is 3. The van der Waals surface area contributed by atoms with Crippen LogP contribution in [0.25, 0.3) is 10.6 Å². The molecule has 2 heterocycles. The van der Waals surface area contributed by atoms with Crippen molar-refractivity contribution in [3.8, 4) is 16.3 Å². The molecule has 0 atom stereocenters. The van der Waals surface area contributed by atoms with E-state index in [-0.39, 0.29) is 12.3 Å². The number of anilines is 1. The second kappa shape index (κ2) is 9.45. The molecule has 1 amide bonds. The van der Waals surface area contributed by atoms with Crippen molar-refractivity contribution < 1.29 is 9.53 Å². The van der Waals surface area contributed by atoms with E-state index in [0.717, 1.165) is 27.0 Å². The van der Waals surface area contributed by atoms with Gasteiger partial charge in [-0.15, -0.1) is 21.5 Å². The molecule has 3 aromatic rings. The summed E-state index contributed by atoms with van der Waals surface area (Å²) in [6.45, 7) is 2.56. The Morgan fingerprint density at radius 3 is 2.86 bits per heavy atom. The van der Waals surface area contributed by atoms with E-state index in [1.54, 1.807) is 0 Å². The molecular formula is C21H24N4O2S2. The fourth-order valence-electron chi connectivity index (χ4n) is 3.56. The van der Waals surface area contributed by atoms with Crippen LogP contribution < -0.4 is 10.1 Å². The van der Waals surface area contributed by atoms with Gasteiger partial charge in [-0.1, -0.05) is 42.7 Å². The van der Waals surface area contributed by atoms with Crippen LogP contribution in [0.1, 0.15) is 55.6 Å². The third-order valence-electron chi connectivity index (χ3n) is 4.95. The largest absolute Gasteiger partial charge is 0.493 e. The molecule has 1 aliphatic carbocycles. The molecule has 152 valence electrons. The summed E-state index contributed by atoms with van der Waals surface area (Å²) in [6.07, 6.45) is 6.38. The van der Waals surface area contributed by atoms with Crippen LogP contribution in [0.5, 0.6) is 5.75 Å². The van der Waals surface area contributed by atoms with Gasteiger partial charge in [0.25, 0.3) is 0 Å². The zero-order valence-electron chi connectivity index (χ0n) is 16.4. The number of amides is 1. The standard InChI is InChI=1S/C21H24N4O2S2/c1-2-27-17-11-7-6-10-16(17)20-22-15(13-28-20)12-18(26)23-21-25-24-19(29-21)14-8-4-3-5-9-14/h6-7,10-11,13-14H,2-5,8-9,12H2,1H3,(H,23,25,26). The van der Waals surface area contributed by atoms with Crippen molar-refractivity contribution in [3.63, 3.8) is 0 Å². The molecule has 0 saturated heterocycles. The highest BCUT2D eigenvalue weighted by molar-refractivity contribution is 7.15. The smallest absolute Gasteiger partial charge is 0.232 e. The molecule has 0 spiro atoms. The SMILES string of the molecule is CCOc1ccccc1-c1nc(CC(=O)Nc2nnc(C3CCCCC3)s2)cs1. The van der Waals surface area contributed by atoms with E-state index in [0.29, 0.717) is 17.7 Å². The van der Waals surface area contributed by atoms with Gasteiger partial charge in [-0.05, 0) is 31.9 Å². The topological polar surface area (TPSA) is 77.0 Å². The third-order valence-corrected chi connectivity index (χ3v) is 6.88. The number of benzene rings is 1. The Morgan fingerprint density at radius 2 is 2.03 bits per heavy atom. The lowest BCUT2D eigenvalue weighted by Gasteiger charge is -2.18. The summed E-state index contributed by atoms with van der Waals surface area (Å²) in [5.41, 5.74) is 1.69. The molecule has 1 aromatic carbocycles. The summed E-state index contributed by atoms with van der Waals surface area (Å²) >= 11 is 3.02. The first kappa shape index (κ1) is 20.0. The first-order chi connectivity index (χ1) is 14.2. The molecule has 29 heavy (non-hydrogen) atoms. The second-order valence-corrected chi connectivity index (χ2v) is 8.95. The fourth-order valence-corrected chi connectivity index (χ4v) is 5.34. The molecule has 0 radical (unpaired) electrons. The molecule has 2 aromatic heterocycles. The van der Waals surface area contributed by atoms with Gasteiger partial charge in [0.1, 0.15) is 15.8 Å². The molecule has 0 aliphatic heterocycles. The molecule has 0 bridgehead atoms. The van der Waals surface area contributed by atoms with Gasteiger partial charge in [0.15, 0.2) is 0 Å². The summed E-state index contributed by atoms with van der Waals surface area (Å²) in [7, 11) is 0. The Hall–Kier alpha value is -2.32. The molecule has 8 heteroatoms. The Bertz CT molecular complexity index is 963. The van der Waals surface area contributed by atoms with Gasteiger partial charge in [-0.3, -0.25) is 4.79 Å². The average Bonchev–Trinajstić information content (AvgIpc) is 3.39. The highest BCUT2D eigenvalue weighted by Crippen LogP contribution is 2.35. The fraction of sp³-hybridized carbons (Fsp3) is 0.429. The molecule has 0 unspecified atom stereocenters. The van der Waals surface area contributed by atoms with Crippen molar-refractivity contribution in [2.75, 3.05) is 11.9 Å². The van der Waals surface area contributed by atoms with Gasteiger partial charge in [0.2, 0.25) is 11.0 Å². The number of ether oxygens (including phenoxy) is 1. The molecule has 6 nitrogen and oxygen atoms in total. The maximum Gasteiger partial charge on any atom is 0.232 e. The van der Waals surface area contributed by atoms with Crippen molar-refractivity contribution in [2.24, 2.45) is 0 Å². The number of thiazole rings is 1. The predicted molar refractivity (Wildman–Crippen MR) is 117 cm³/mol. The second-order valence-electron chi connectivity index (χ2n) is 7.08. The normalized spacial score (nSPS) is 14.7. The van der Waals surface area contributed by atoms with Crippen LogP contribution in [0.2, 0.25) is 0 Å². The lowest BCUT2D eigenvalue weighted by Crippen LogP contribution is -2.14. The van der Waals surface area contributed by atoms with Crippen LogP contribution in [0.3, 0.4) is 0 Å². The van der Waals surface area contributed by atoms with Gasteiger partial charge in [0.05, 0.1) is 24.3 Å². The summed E-state index contributed by atoms with van der Waals surface area (Å²) in [5, 5.41) is 15.7. The van der Waals surface area contributed by atoms with Crippen LogP contribution in [-0.4, -0.2) is 27.7 Å². The van der Waals surface area contributed by atoms with Gasteiger partial charge in [-0.2, -0.15) is 0 Å². The zero-order chi connectivity index (χ0) is 20.1. The van der Waals surface area contributed by atoms with Crippen molar-refractivity contribution in [3.05, 3.63) is 40.3 Å². The van der Waals surface area contributed by atoms with E-state index in [4.69, 9.17) is 4.74 Å². The first-order valence-electron chi connectivity index (χ1n) is 10.0. The predicted octanol–water partition coefficient (Wildman–Crippen LogP) is 5.29. The minimum absolute atomic E-state index is 0.119. The average molecular weight is 429 g/mol. The number of nitrogens with zero attached hydrogens (tertiary/aromatic N) is 3. The zero-order valence-corrected chi connectivity index (χ0v) is 18.0. The molecule has 4 rings (SSSR count). The molecular weight excluding hydrogens is 404 g/mol. The Kier molecular flexibility index (Phi) is 6.51. The number of carbonyl (C=O) groups is 1. The van der Waals surface area contributed by atoms with Gasteiger partial charge >= 0.3 is 0 Å². The lowest BCUT2D eigenvalue weighted by atomic mass is 9.90. The summed E-state index contributed by atoms with van der Waals surface area (Å²) in [6, 6.07) is 7.83. The van der Waals surface area contributed by atoms with Crippen LogP contribution in [0, 0.1) is 0 Å².